The lowest BCUT2D eigenvalue weighted by Crippen LogP contribution is -2.14. The number of fused-ring (bicyclic) bond motifs is 1. The second-order valence-corrected chi connectivity index (χ2v) is 6.66. The van der Waals surface area contributed by atoms with Gasteiger partial charge in [-0.2, -0.15) is 13.2 Å². The number of allylic oxidation sites excluding steroid dienone is 2. The van der Waals surface area contributed by atoms with Crippen molar-refractivity contribution in [2.24, 2.45) is 5.92 Å². The Morgan fingerprint density at radius 3 is 2.32 bits per heavy atom. The monoisotopic (exact) mass is 394 g/mol. The molecule has 2 aromatic rings. The summed E-state index contributed by atoms with van der Waals surface area (Å²) in [6.45, 7) is 1.93. The van der Waals surface area contributed by atoms with Crippen LogP contribution < -0.4 is 0 Å². The average Bonchev–Trinajstić information content (AvgIpc) is 2.59. The van der Waals surface area contributed by atoms with E-state index in [1.165, 1.54) is 6.07 Å². The van der Waals surface area contributed by atoms with Crippen LogP contribution in [-0.4, -0.2) is 0 Å². The van der Waals surface area contributed by atoms with Crippen LogP contribution in [0.2, 0.25) is 0 Å². The van der Waals surface area contributed by atoms with Crippen molar-refractivity contribution in [1.82, 2.24) is 0 Å². The highest BCUT2D eigenvalue weighted by Gasteiger charge is 2.37. The Hall–Kier alpha value is -2.68. The van der Waals surface area contributed by atoms with E-state index in [0.717, 1.165) is 18.4 Å². The predicted molar refractivity (Wildman–Crippen MR) is 94.1 cm³/mol. The van der Waals surface area contributed by atoms with E-state index in [4.69, 9.17) is 0 Å². The first-order valence-corrected chi connectivity index (χ1v) is 8.72. The van der Waals surface area contributed by atoms with Gasteiger partial charge in [0.1, 0.15) is 23.0 Å². The fraction of sp³-hybridized carbons (Fsp3) is 0.273. The summed E-state index contributed by atoms with van der Waals surface area (Å²) in [5, 5.41) is 0. The summed E-state index contributed by atoms with van der Waals surface area (Å²) in [5.41, 5.74) is -0.757. The maximum Gasteiger partial charge on any atom is 0.422 e. The zero-order valence-electron chi connectivity index (χ0n) is 14.9. The summed E-state index contributed by atoms with van der Waals surface area (Å²) in [7, 11) is 0. The molecule has 0 nitrogen and oxygen atoms in total. The van der Waals surface area contributed by atoms with Crippen LogP contribution >= 0.6 is 0 Å². The van der Waals surface area contributed by atoms with Crippen molar-refractivity contribution in [1.29, 1.82) is 0 Å². The van der Waals surface area contributed by atoms with E-state index in [-0.39, 0.29) is 11.1 Å². The van der Waals surface area contributed by atoms with E-state index in [0.29, 0.717) is 30.0 Å². The fourth-order valence-electron chi connectivity index (χ4n) is 3.43. The van der Waals surface area contributed by atoms with Gasteiger partial charge in [-0.3, -0.25) is 0 Å². The van der Waals surface area contributed by atoms with Gasteiger partial charge in [-0.15, -0.1) is 0 Å². The molecule has 0 fully saturated rings. The standard InChI is InChI=1S/C22H16F6/c1-2-3-13-5-9-17-16(10-13)8-7-15(21(17)25)6-4-14-11-18(23)20(19(24)12-14)22(26,27)28/h2-3,7-8,11-13H,5,9-10H2,1H3/b3-2+. The molecule has 0 heterocycles. The van der Waals surface area contributed by atoms with Gasteiger partial charge in [0, 0.05) is 5.56 Å². The maximum atomic E-state index is 14.7. The van der Waals surface area contributed by atoms with Crippen LogP contribution in [-0.2, 0) is 19.0 Å². The van der Waals surface area contributed by atoms with Gasteiger partial charge in [0.2, 0.25) is 0 Å². The highest BCUT2D eigenvalue weighted by Crippen LogP contribution is 2.34. The minimum Gasteiger partial charge on any atom is -0.206 e. The van der Waals surface area contributed by atoms with Crippen LogP contribution in [0, 0.1) is 35.2 Å². The van der Waals surface area contributed by atoms with Crippen molar-refractivity contribution in [2.45, 2.75) is 32.4 Å². The van der Waals surface area contributed by atoms with Gasteiger partial charge < -0.3 is 0 Å². The second-order valence-electron chi connectivity index (χ2n) is 6.66. The summed E-state index contributed by atoms with van der Waals surface area (Å²) < 4.78 is 79.8. The lowest BCUT2D eigenvalue weighted by Gasteiger charge is -2.23. The first-order chi connectivity index (χ1) is 13.2. The average molecular weight is 394 g/mol. The Labute approximate surface area is 158 Å². The second kappa shape index (κ2) is 7.75. The third-order valence-electron chi connectivity index (χ3n) is 4.72. The van der Waals surface area contributed by atoms with Crippen LogP contribution in [0.4, 0.5) is 26.3 Å². The van der Waals surface area contributed by atoms with E-state index in [9.17, 15) is 26.3 Å². The van der Waals surface area contributed by atoms with Crippen LogP contribution in [0.15, 0.2) is 36.4 Å². The summed E-state index contributed by atoms with van der Waals surface area (Å²) in [6.07, 6.45) is 0.987. The highest BCUT2D eigenvalue weighted by molar-refractivity contribution is 5.48. The summed E-state index contributed by atoms with van der Waals surface area (Å²) in [5.74, 6) is 1.18. The van der Waals surface area contributed by atoms with Crippen molar-refractivity contribution in [3.05, 3.63) is 81.7 Å². The molecule has 1 unspecified atom stereocenters. The molecule has 0 saturated heterocycles. The number of alkyl halides is 3. The van der Waals surface area contributed by atoms with Crippen LogP contribution in [0.1, 0.15) is 41.2 Å². The zero-order valence-corrected chi connectivity index (χ0v) is 14.9. The van der Waals surface area contributed by atoms with Crippen LogP contribution in [0.5, 0.6) is 0 Å². The van der Waals surface area contributed by atoms with Gasteiger partial charge in [0.15, 0.2) is 0 Å². The summed E-state index contributed by atoms with van der Waals surface area (Å²) in [4.78, 5) is 0. The number of hydrogen-bond acceptors (Lipinski definition) is 0. The number of benzene rings is 2. The molecule has 1 aliphatic rings. The molecule has 28 heavy (non-hydrogen) atoms. The van der Waals surface area contributed by atoms with Crippen molar-refractivity contribution in [3.8, 4) is 11.8 Å². The molecule has 6 heteroatoms. The van der Waals surface area contributed by atoms with Crippen molar-refractivity contribution in [2.75, 3.05) is 0 Å². The smallest absolute Gasteiger partial charge is 0.206 e. The molecular weight excluding hydrogens is 378 g/mol. The SMILES string of the molecule is C/C=C/C1CCc2c(ccc(C#Cc3cc(F)c(C(F)(F)F)c(F)c3)c2F)C1. The van der Waals surface area contributed by atoms with Gasteiger partial charge in [0.25, 0.3) is 0 Å². The molecular formula is C22H16F6. The molecule has 0 radical (unpaired) electrons. The molecule has 0 spiro atoms. The Morgan fingerprint density at radius 1 is 1.04 bits per heavy atom. The Bertz CT molecular complexity index is 966. The molecule has 2 aromatic carbocycles. The molecule has 0 N–H and O–H groups in total. The Morgan fingerprint density at radius 2 is 1.71 bits per heavy atom. The number of hydrogen-bond donors (Lipinski definition) is 0. The van der Waals surface area contributed by atoms with Crippen LogP contribution in [0.3, 0.4) is 0 Å². The summed E-state index contributed by atoms with van der Waals surface area (Å²) >= 11 is 0. The van der Waals surface area contributed by atoms with Gasteiger partial charge in [-0.05, 0) is 61.4 Å². The van der Waals surface area contributed by atoms with Gasteiger partial charge >= 0.3 is 6.18 Å². The fourth-order valence-corrected chi connectivity index (χ4v) is 3.43. The molecule has 146 valence electrons. The molecule has 0 saturated carbocycles. The first kappa shape index (κ1) is 20.1. The van der Waals surface area contributed by atoms with Crippen molar-refractivity contribution < 1.29 is 26.3 Å². The van der Waals surface area contributed by atoms with E-state index in [2.05, 4.69) is 17.9 Å². The quantitative estimate of drug-likeness (QED) is 0.307. The van der Waals surface area contributed by atoms with E-state index in [1.807, 2.05) is 13.0 Å². The minimum atomic E-state index is -5.14. The van der Waals surface area contributed by atoms with Gasteiger partial charge in [-0.1, -0.05) is 30.1 Å². The predicted octanol–water partition coefficient (Wildman–Crippen LogP) is 6.20. The number of rotatable bonds is 1. The third-order valence-corrected chi connectivity index (χ3v) is 4.72. The topological polar surface area (TPSA) is 0 Å². The molecule has 0 aromatic heterocycles. The largest absolute Gasteiger partial charge is 0.422 e. The van der Waals surface area contributed by atoms with E-state index < -0.39 is 29.2 Å². The molecule has 0 amide bonds. The molecule has 0 aliphatic heterocycles. The normalized spacial score (nSPS) is 16.6. The Balaban J connectivity index is 1.92. The first-order valence-electron chi connectivity index (χ1n) is 8.72. The minimum absolute atomic E-state index is 0.0453. The lowest BCUT2D eigenvalue weighted by molar-refractivity contribution is -0.142. The molecule has 0 bridgehead atoms. The van der Waals surface area contributed by atoms with Crippen molar-refractivity contribution >= 4 is 0 Å². The highest BCUT2D eigenvalue weighted by atomic mass is 19.4. The Kier molecular flexibility index (Phi) is 5.55. The van der Waals surface area contributed by atoms with Gasteiger partial charge in [0.05, 0.1) is 5.56 Å². The number of halogens is 6. The van der Waals surface area contributed by atoms with Crippen LogP contribution in [0.25, 0.3) is 0 Å². The summed E-state index contributed by atoms with van der Waals surface area (Å²) in [6, 6.07) is 4.25. The van der Waals surface area contributed by atoms with E-state index in [1.54, 1.807) is 6.07 Å². The molecule has 1 aliphatic carbocycles. The van der Waals surface area contributed by atoms with E-state index >= 15 is 0 Å². The molecule has 3 rings (SSSR count). The lowest BCUT2D eigenvalue weighted by atomic mass is 9.82. The zero-order chi connectivity index (χ0) is 20.5. The van der Waals surface area contributed by atoms with Crippen molar-refractivity contribution in [3.63, 3.8) is 0 Å². The molecule has 1 atom stereocenters. The third kappa shape index (κ3) is 4.09. The maximum absolute atomic E-state index is 14.7. The van der Waals surface area contributed by atoms with Gasteiger partial charge in [-0.25, -0.2) is 13.2 Å².